The molecule has 0 radical (unpaired) electrons. The molecule has 2 unspecified atom stereocenters. The number of guanidine groups is 1. The highest BCUT2D eigenvalue weighted by Gasteiger charge is 2.43. The van der Waals surface area contributed by atoms with E-state index < -0.39 is 61.3 Å². The molecule has 0 aromatic rings. The van der Waals surface area contributed by atoms with E-state index in [2.05, 4.69) is 0 Å². The van der Waals surface area contributed by atoms with E-state index in [-0.39, 0.29) is 19.0 Å². The smallest absolute Gasteiger partial charge is 0.333 e. The van der Waals surface area contributed by atoms with Gasteiger partial charge in [-0.2, -0.15) is 0 Å². The molecule has 1 rings (SSSR count). The molecular weight excluding hydrogens is 384 g/mol. The summed E-state index contributed by atoms with van der Waals surface area (Å²) in [6.45, 7) is -0.962. The summed E-state index contributed by atoms with van der Waals surface area (Å²) in [4.78, 5) is 33.7. The van der Waals surface area contributed by atoms with Crippen molar-refractivity contribution in [1.29, 1.82) is 5.41 Å². The molecule has 28 heavy (non-hydrogen) atoms. The van der Waals surface area contributed by atoms with E-state index in [1.54, 1.807) is 0 Å². The quantitative estimate of drug-likeness (QED) is 0.147. The van der Waals surface area contributed by atoms with Crippen LogP contribution in [0.3, 0.4) is 0 Å². The molecule has 0 spiro atoms. The number of carboxylic acids is 2. The van der Waals surface area contributed by atoms with Crippen LogP contribution in [0.4, 0.5) is 0 Å². The monoisotopic (exact) mass is 410 g/mol. The van der Waals surface area contributed by atoms with Gasteiger partial charge in [0.15, 0.2) is 12.1 Å². The number of aliphatic carboxylic acids is 2. The number of nitrogens with one attached hydrogen (secondary N) is 1. The van der Waals surface area contributed by atoms with Gasteiger partial charge in [-0.1, -0.05) is 0 Å². The number of piperidine rings is 1. The van der Waals surface area contributed by atoms with Gasteiger partial charge >= 0.3 is 11.9 Å². The lowest BCUT2D eigenvalue weighted by Crippen LogP contribution is -2.65. The summed E-state index contributed by atoms with van der Waals surface area (Å²) in [5.74, 6) is -3.66. The Balaban J connectivity index is 0.000000684. The van der Waals surface area contributed by atoms with E-state index in [9.17, 15) is 34.8 Å². The summed E-state index contributed by atoms with van der Waals surface area (Å²) in [7, 11) is 1.44. The second kappa shape index (κ2) is 11.4. The maximum atomic E-state index is 12.0. The summed E-state index contributed by atoms with van der Waals surface area (Å²) in [5, 5.41) is 69.3. The molecule has 0 bridgehead atoms. The third kappa shape index (κ3) is 7.61. The van der Waals surface area contributed by atoms with E-state index >= 15 is 0 Å². The van der Waals surface area contributed by atoms with Crippen molar-refractivity contribution in [1.82, 2.24) is 9.80 Å². The number of aliphatic hydroxyl groups excluding tert-OH is 5. The molecule has 0 saturated carbocycles. The number of carbonyl (C=O) groups is 3. The number of hydrogen-bond acceptors (Lipinski definition) is 9. The first-order valence-corrected chi connectivity index (χ1v) is 7.95. The summed E-state index contributed by atoms with van der Waals surface area (Å²) in [5.41, 5.74) is 5.21. The number of carbonyl (C=O) groups excluding carboxylic acids is 1. The van der Waals surface area contributed by atoms with Crippen LogP contribution >= 0.6 is 0 Å². The molecule has 14 nitrogen and oxygen atoms in total. The Morgan fingerprint density at radius 2 is 1.75 bits per heavy atom. The lowest BCUT2D eigenvalue weighted by atomic mass is 9.94. The number of nitrogens with zero attached hydrogens (tertiary/aromatic N) is 2. The molecule has 1 saturated heterocycles. The molecule has 162 valence electrons. The number of carboxylic acid groups (broad SMARTS) is 2. The predicted molar refractivity (Wildman–Crippen MR) is 91.0 cm³/mol. The molecular formula is C14H26N4O10. The number of nitrogens with two attached hydrogens (primary N) is 1. The van der Waals surface area contributed by atoms with Gasteiger partial charge in [-0.25, -0.2) is 4.79 Å². The summed E-state index contributed by atoms with van der Waals surface area (Å²) >= 11 is 0. The molecule has 14 heteroatoms. The van der Waals surface area contributed by atoms with Crippen molar-refractivity contribution in [2.45, 2.75) is 36.9 Å². The zero-order valence-corrected chi connectivity index (χ0v) is 15.0. The van der Waals surface area contributed by atoms with Crippen molar-refractivity contribution < 1.29 is 50.1 Å². The number of aliphatic hydroxyl groups is 5. The second-order valence-electron chi connectivity index (χ2n) is 6.04. The molecule has 1 amide bonds. The van der Waals surface area contributed by atoms with Crippen molar-refractivity contribution in [3.8, 4) is 0 Å². The fraction of sp³-hybridized carbons (Fsp3) is 0.714. The number of amides is 1. The van der Waals surface area contributed by atoms with E-state index in [1.807, 2.05) is 0 Å². The Morgan fingerprint density at radius 3 is 2.11 bits per heavy atom. The molecule has 5 atom stereocenters. The van der Waals surface area contributed by atoms with Crippen LogP contribution in [0, 0.1) is 5.41 Å². The van der Waals surface area contributed by atoms with Gasteiger partial charge in [-0.3, -0.25) is 15.0 Å². The van der Waals surface area contributed by atoms with E-state index in [0.717, 1.165) is 4.90 Å². The van der Waals surface area contributed by atoms with Gasteiger partial charge in [-0.15, -0.1) is 0 Å². The number of likely N-dealkylation sites (tertiary alicyclic amines) is 1. The summed E-state index contributed by atoms with van der Waals surface area (Å²) in [6.07, 6.45) is -6.67. The number of rotatable bonds is 6. The predicted octanol–water partition coefficient (Wildman–Crippen LogP) is -5.00. The van der Waals surface area contributed by atoms with Crippen molar-refractivity contribution in [2.24, 2.45) is 5.73 Å². The number of β-amino-alcohol motifs (C(OH)–C–C–N with tert-alkyl or cyclic N) is 1. The van der Waals surface area contributed by atoms with Crippen LogP contribution < -0.4 is 5.73 Å². The average molecular weight is 410 g/mol. The highest BCUT2D eigenvalue weighted by Crippen LogP contribution is 2.19. The van der Waals surface area contributed by atoms with Gasteiger partial charge in [0.2, 0.25) is 5.91 Å². The minimum atomic E-state index is -1.79. The molecule has 1 fully saturated rings. The Hall–Kier alpha value is -2.52. The van der Waals surface area contributed by atoms with Gasteiger partial charge < -0.3 is 51.3 Å². The third-order valence-electron chi connectivity index (χ3n) is 3.87. The van der Waals surface area contributed by atoms with Crippen LogP contribution in [0.2, 0.25) is 0 Å². The van der Waals surface area contributed by atoms with E-state index in [1.165, 1.54) is 11.9 Å². The highest BCUT2D eigenvalue weighted by molar-refractivity contribution is 5.84. The van der Waals surface area contributed by atoms with Crippen LogP contribution in [0.1, 0.15) is 6.42 Å². The SMILES string of the molecule is CN(CC(=O)N1C[C@H](O)[C@@H](O)[C@@H](O)C1CO)C(=N)N.O=C(O)CC(O)C(=O)O. The van der Waals surface area contributed by atoms with Crippen LogP contribution in [0.25, 0.3) is 0 Å². The van der Waals surface area contributed by atoms with Gasteiger partial charge in [0.1, 0.15) is 18.3 Å². The molecule has 0 aliphatic carbocycles. The molecule has 10 N–H and O–H groups in total. The van der Waals surface area contributed by atoms with Gasteiger partial charge in [0, 0.05) is 13.6 Å². The van der Waals surface area contributed by atoms with Crippen molar-refractivity contribution in [3.05, 3.63) is 0 Å². The molecule has 1 aliphatic heterocycles. The zero-order chi connectivity index (χ0) is 22.2. The second-order valence-corrected chi connectivity index (χ2v) is 6.04. The standard InChI is InChI=1S/C10H20N4O5.C4H6O5/c1-13(10(11)12)3-7(17)14-2-6(16)9(19)8(18)5(14)4-15;5-2(4(8)9)1-3(6)7/h5-6,8-9,15-16,18-19H,2-4H2,1H3,(H3,11,12);2,5H,1H2,(H,6,7)(H,8,9)/t5?,6-,8-,9+;/m0./s1. The first-order valence-electron chi connectivity index (χ1n) is 7.95. The average Bonchev–Trinajstić information content (AvgIpc) is 2.59. The maximum absolute atomic E-state index is 12.0. The minimum absolute atomic E-state index is 0.200. The van der Waals surface area contributed by atoms with Crippen LogP contribution in [-0.4, -0.2) is 127 Å². The van der Waals surface area contributed by atoms with Crippen molar-refractivity contribution >= 4 is 23.8 Å². The lowest BCUT2D eigenvalue weighted by molar-refractivity contribution is -0.166. The summed E-state index contributed by atoms with van der Waals surface area (Å²) in [6, 6.07) is -0.994. The lowest BCUT2D eigenvalue weighted by Gasteiger charge is -2.43. The maximum Gasteiger partial charge on any atom is 0.333 e. The molecule has 1 aliphatic rings. The van der Waals surface area contributed by atoms with Crippen molar-refractivity contribution in [3.63, 3.8) is 0 Å². The Kier molecular flexibility index (Phi) is 10.3. The summed E-state index contributed by atoms with van der Waals surface area (Å²) < 4.78 is 0. The number of likely N-dealkylation sites (N-methyl/N-ethyl adjacent to an activating group) is 1. The molecule has 0 aromatic carbocycles. The Bertz CT molecular complexity index is 574. The first kappa shape index (κ1) is 25.5. The van der Waals surface area contributed by atoms with E-state index in [0.29, 0.717) is 0 Å². The Labute approximate surface area is 159 Å². The van der Waals surface area contributed by atoms with Gasteiger partial charge in [0.25, 0.3) is 0 Å². The largest absolute Gasteiger partial charge is 0.481 e. The highest BCUT2D eigenvalue weighted by atomic mass is 16.4. The fourth-order valence-corrected chi connectivity index (χ4v) is 2.21. The Morgan fingerprint density at radius 1 is 1.21 bits per heavy atom. The molecule has 0 aromatic heterocycles. The van der Waals surface area contributed by atoms with E-state index in [4.69, 9.17) is 26.5 Å². The fourth-order valence-electron chi connectivity index (χ4n) is 2.21. The zero-order valence-electron chi connectivity index (χ0n) is 15.0. The minimum Gasteiger partial charge on any atom is -0.481 e. The van der Waals surface area contributed by atoms with Crippen LogP contribution in [0.15, 0.2) is 0 Å². The number of hydrogen-bond donors (Lipinski definition) is 9. The normalized spacial score (nSPS) is 25.1. The van der Waals surface area contributed by atoms with Gasteiger partial charge in [-0.05, 0) is 0 Å². The topological polar surface area (TPSA) is 249 Å². The van der Waals surface area contributed by atoms with Crippen molar-refractivity contribution in [2.75, 3.05) is 26.7 Å². The third-order valence-corrected chi connectivity index (χ3v) is 3.87. The van der Waals surface area contributed by atoms with Crippen LogP contribution in [0.5, 0.6) is 0 Å². The molecule has 1 heterocycles. The first-order chi connectivity index (χ1) is 12.8. The van der Waals surface area contributed by atoms with Gasteiger partial charge in [0.05, 0.1) is 25.6 Å². The van der Waals surface area contributed by atoms with Crippen LogP contribution in [-0.2, 0) is 14.4 Å².